The van der Waals surface area contributed by atoms with Gasteiger partial charge < -0.3 is 0 Å². The Morgan fingerprint density at radius 2 is 2.38 bits per heavy atom. The maximum absolute atomic E-state index is 5.68. The molecule has 0 saturated heterocycles. The summed E-state index contributed by atoms with van der Waals surface area (Å²) < 4.78 is 0. The Bertz CT molecular complexity index is 190. The van der Waals surface area contributed by atoms with Gasteiger partial charge in [-0.1, -0.05) is 24.3 Å². The molecule has 1 heterocycles. The quantitative estimate of drug-likeness (QED) is 0.569. The summed E-state index contributed by atoms with van der Waals surface area (Å²) in [5.41, 5.74) is 1.02. The van der Waals surface area contributed by atoms with Gasteiger partial charge in [0, 0.05) is 10.9 Å². The van der Waals surface area contributed by atoms with Gasteiger partial charge in [0.05, 0.1) is 5.02 Å². The molecule has 0 spiro atoms. The summed E-state index contributed by atoms with van der Waals surface area (Å²) in [6.45, 7) is 3.59. The van der Waals surface area contributed by atoms with Crippen molar-refractivity contribution in [2.24, 2.45) is 0 Å². The number of rotatable bonds is 1. The van der Waals surface area contributed by atoms with E-state index in [0.717, 1.165) is 10.6 Å². The van der Waals surface area contributed by atoms with Crippen LogP contribution in [0.1, 0.15) is 5.56 Å². The largest absolute Gasteiger partial charge is 0.150 e. The van der Waals surface area contributed by atoms with Crippen molar-refractivity contribution in [2.45, 2.75) is 0 Å². The van der Waals surface area contributed by atoms with Crippen LogP contribution in [-0.4, -0.2) is 0 Å². The summed E-state index contributed by atoms with van der Waals surface area (Å²) in [7, 11) is 0. The lowest BCUT2D eigenvalue weighted by atomic mass is 10.3. The van der Waals surface area contributed by atoms with Crippen LogP contribution in [0.5, 0.6) is 0 Å². The molecule has 0 aliphatic rings. The second kappa shape index (κ2) is 2.33. The predicted octanol–water partition coefficient (Wildman–Crippen LogP) is 3.04. The Morgan fingerprint density at radius 1 is 1.62 bits per heavy atom. The second-order valence-electron chi connectivity index (χ2n) is 1.38. The van der Waals surface area contributed by atoms with Crippen LogP contribution in [0.2, 0.25) is 5.02 Å². The zero-order chi connectivity index (χ0) is 5.98. The van der Waals surface area contributed by atoms with Crippen LogP contribution in [0.25, 0.3) is 6.08 Å². The topological polar surface area (TPSA) is 0 Å². The van der Waals surface area contributed by atoms with Gasteiger partial charge in [-0.05, 0) is 5.38 Å². The predicted molar refractivity (Wildman–Crippen MR) is 39.4 cm³/mol. The zero-order valence-electron chi connectivity index (χ0n) is 4.23. The summed E-state index contributed by atoms with van der Waals surface area (Å²) >= 11 is 7.27. The number of halogens is 1. The van der Waals surface area contributed by atoms with Crippen molar-refractivity contribution in [2.75, 3.05) is 0 Å². The summed E-state index contributed by atoms with van der Waals surface area (Å²) in [5, 5.41) is 4.65. The van der Waals surface area contributed by atoms with E-state index in [9.17, 15) is 0 Å². The molecule has 42 valence electrons. The van der Waals surface area contributed by atoms with E-state index in [1.54, 1.807) is 17.4 Å². The molecular formula is C6H5ClS. The van der Waals surface area contributed by atoms with Crippen molar-refractivity contribution in [1.82, 2.24) is 0 Å². The maximum Gasteiger partial charge on any atom is 0.0585 e. The Balaban J connectivity index is 3.09. The first-order chi connectivity index (χ1) is 3.84. The van der Waals surface area contributed by atoms with Crippen LogP contribution in [0.15, 0.2) is 17.3 Å². The maximum atomic E-state index is 5.68. The van der Waals surface area contributed by atoms with Gasteiger partial charge in [-0.15, -0.1) is 0 Å². The Morgan fingerprint density at radius 3 is 2.62 bits per heavy atom. The highest BCUT2D eigenvalue weighted by atomic mass is 35.5. The highest BCUT2D eigenvalue weighted by molar-refractivity contribution is 7.08. The normalized spacial score (nSPS) is 9.12. The van der Waals surface area contributed by atoms with Crippen molar-refractivity contribution >= 4 is 29.0 Å². The van der Waals surface area contributed by atoms with Crippen LogP contribution in [0.4, 0.5) is 0 Å². The standard InChI is InChI=1S/C6H5ClS/c1-2-5-3-8-4-6(5)7/h2-4H,1H2. The third kappa shape index (κ3) is 0.932. The molecule has 0 nitrogen and oxygen atoms in total. The molecule has 0 fully saturated rings. The Kier molecular flexibility index (Phi) is 1.71. The third-order valence-electron chi connectivity index (χ3n) is 0.862. The van der Waals surface area contributed by atoms with E-state index < -0.39 is 0 Å². The van der Waals surface area contributed by atoms with Crippen LogP contribution >= 0.6 is 22.9 Å². The minimum atomic E-state index is 0.796. The van der Waals surface area contributed by atoms with E-state index in [0.29, 0.717) is 0 Å². The molecule has 0 amide bonds. The van der Waals surface area contributed by atoms with Crippen molar-refractivity contribution in [3.8, 4) is 0 Å². The van der Waals surface area contributed by atoms with Crippen molar-refractivity contribution in [3.05, 3.63) is 27.9 Å². The molecule has 1 aromatic rings. The lowest BCUT2D eigenvalue weighted by Gasteiger charge is -1.80. The van der Waals surface area contributed by atoms with Crippen LogP contribution in [0, 0.1) is 0 Å². The van der Waals surface area contributed by atoms with E-state index in [1.807, 2.05) is 10.8 Å². The molecule has 1 aromatic heterocycles. The van der Waals surface area contributed by atoms with E-state index >= 15 is 0 Å². The molecule has 0 bridgehead atoms. The van der Waals surface area contributed by atoms with Crippen molar-refractivity contribution in [1.29, 1.82) is 0 Å². The molecule has 0 atom stereocenters. The molecule has 2 heteroatoms. The highest BCUT2D eigenvalue weighted by Crippen LogP contribution is 2.20. The van der Waals surface area contributed by atoms with Gasteiger partial charge >= 0.3 is 0 Å². The van der Waals surface area contributed by atoms with E-state index in [-0.39, 0.29) is 0 Å². The number of thiophene rings is 1. The average Bonchev–Trinajstić information content (AvgIpc) is 2.14. The van der Waals surface area contributed by atoms with E-state index in [2.05, 4.69) is 6.58 Å². The van der Waals surface area contributed by atoms with E-state index in [4.69, 9.17) is 11.6 Å². The van der Waals surface area contributed by atoms with Crippen LogP contribution in [-0.2, 0) is 0 Å². The van der Waals surface area contributed by atoms with E-state index in [1.165, 1.54) is 0 Å². The second-order valence-corrected chi connectivity index (χ2v) is 2.53. The lowest BCUT2D eigenvalue weighted by Crippen LogP contribution is -1.57. The summed E-state index contributed by atoms with van der Waals surface area (Å²) in [6, 6.07) is 0. The smallest absolute Gasteiger partial charge is 0.0585 e. The molecule has 0 aliphatic carbocycles. The monoisotopic (exact) mass is 144 g/mol. The van der Waals surface area contributed by atoms with Gasteiger partial charge in [0.2, 0.25) is 0 Å². The highest BCUT2D eigenvalue weighted by Gasteiger charge is 1.92. The molecule has 8 heavy (non-hydrogen) atoms. The van der Waals surface area contributed by atoms with Crippen LogP contribution in [0.3, 0.4) is 0 Å². The fourth-order valence-corrected chi connectivity index (χ4v) is 1.48. The summed E-state index contributed by atoms with van der Waals surface area (Å²) in [5.74, 6) is 0. The lowest BCUT2D eigenvalue weighted by molar-refractivity contribution is 1.89. The third-order valence-corrected chi connectivity index (χ3v) is 2.08. The van der Waals surface area contributed by atoms with Crippen molar-refractivity contribution in [3.63, 3.8) is 0 Å². The number of hydrogen-bond donors (Lipinski definition) is 0. The van der Waals surface area contributed by atoms with Gasteiger partial charge in [-0.3, -0.25) is 0 Å². The molecule has 0 aliphatic heterocycles. The van der Waals surface area contributed by atoms with Gasteiger partial charge in [0.15, 0.2) is 0 Å². The summed E-state index contributed by atoms with van der Waals surface area (Å²) in [4.78, 5) is 0. The van der Waals surface area contributed by atoms with Gasteiger partial charge in [-0.2, -0.15) is 11.3 Å². The SMILES string of the molecule is C=Cc1cscc1Cl. The summed E-state index contributed by atoms with van der Waals surface area (Å²) in [6.07, 6.45) is 1.75. The minimum absolute atomic E-state index is 0.796. The number of hydrogen-bond acceptors (Lipinski definition) is 1. The molecule has 0 radical (unpaired) electrons. The fourth-order valence-electron chi connectivity index (χ4n) is 0.437. The first-order valence-corrected chi connectivity index (χ1v) is 3.51. The Labute approximate surface area is 57.4 Å². The first kappa shape index (κ1) is 5.86. The molecule has 1 rings (SSSR count). The molecule has 0 N–H and O–H groups in total. The molecule has 0 aromatic carbocycles. The zero-order valence-corrected chi connectivity index (χ0v) is 5.80. The average molecular weight is 145 g/mol. The van der Waals surface area contributed by atoms with Gasteiger partial charge in [0.1, 0.15) is 0 Å². The molecule has 0 unspecified atom stereocenters. The fraction of sp³-hybridized carbons (Fsp3) is 0. The first-order valence-electron chi connectivity index (χ1n) is 2.18. The molecule has 0 saturated carbocycles. The minimum Gasteiger partial charge on any atom is -0.150 e. The van der Waals surface area contributed by atoms with Crippen LogP contribution < -0.4 is 0 Å². The van der Waals surface area contributed by atoms with Gasteiger partial charge in [-0.25, -0.2) is 0 Å². The Hall–Kier alpha value is -0.270. The van der Waals surface area contributed by atoms with Crippen molar-refractivity contribution < 1.29 is 0 Å². The molecular weight excluding hydrogens is 140 g/mol. The van der Waals surface area contributed by atoms with Gasteiger partial charge in [0.25, 0.3) is 0 Å².